The molecular weight excluding hydrogens is 399 g/mol. The first-order valence-electron chi connectivity index (χ1n) is 9.51. The number of piperidine rings is 1. The van der Waals surface area contributed by atoms with Gasteiger partial charge in [-0.1, -0.05) is 11.6 Å². The molecule has 1 aromatic carbocycles. The lowest BCUT2D eigenvalue weighted by Crippen LogP contribution is -2.45. The van der Waals surface area contributed by atoms with E-state index in [0.717, 1.165) is 43.4 Å². The number of halogens is 2. The van der Waals surface area contributed by atoms with E-state index in [0.29, 0.717) is 11.6 Å². The van der Waals surface area contributed by atoms with E-state index in [-0.39, 0.29) is 18.2 Å². The number of likely N-dealkylation sites (tertiary alicyclic amines) is 1. The fourth-order valence-electron chi connectivity index (χ4n) is 3.19. The second kappa shape index (κ2) is 11.1. The van der Waals surface area contributed by atoms with Gasteiger partial charge in [0, 0.05) is 37.4 Å². The van der Waals surface area contributed by atoms with Gasteiger partial charge < -0.3 is 31.2 Å². The monoisotopic (exact) mass is 426 g/mol. The molecule has 1 amide bonds. The summed E-state index contributed by atoms with van der Waals surface area (Å²) in [7, 11) is 0. The summed E-state index contributed by atoms with van der Waals surface area (Å²) in [6.07, 6.45) is 1.88. The molecule has 1 atom stereocenters. The average Bonchev–Trinajstić information content (AvgIpc) is 2.70. The van der Waals surface area contributed by atoms with Crippen LogP contribution in [0.2, 0.25) is 5.02 Å². The van der Waals surface area contributed by atoms with Gasteiger partial charge in [-0.2, -0.15) is 0 Å². The summed E-state index contributed by atoms with van der Waals surface area (Å²) >= 11 is 5.97. The molecule has 9 heteroatoms. The van der Waals surface area contributed by atoms with Crippen LogP contribution in [-0.4, -0.2) is 66.7 Å². The zero-order valence-corrected chi connectivity index (χ0v) is 17.2. The van der Waals surface area contributed by atoms with Crippen molar-refractivity contribution in [1.29, 1.82) is 5.41 Å². The van der Waals surface area contributed by atoms with E-state index in [1.165, 1.54) is 0 Å². The molecule has 1 heterocycles. The molecule has 0 spiro atoms. The number of aliphatic hydroxyl groups excluding tert-OH is 1. The lowest BCUT2D eigenvalue weighted by molar-refractivity contribution is -0.117. The van der Waals surface area contributed by atoms with E-state index in [1.54, 1.807) is 0 Å². The Morgan fingerprint density at radius 3 is 2.79 bits per heavy atom. The summed E-state index contributed by atoms with van der Waals surface area (Å²) in [6.45, 7) is 2.81. The third-order valence-electron chi connectivity index (χ3n) is 4.80. The second-order valence-electron chi connectivity index (χ2n) is 7.08. The predicted molar refractivity (Wildman–Crippen MR) is 111 cm³/mol. The normalized spacial score (nSPS) is 17.0. The summed E-state index contributed by atoms with van der Waals surface area (Å²) in [5.74, 6) is 0.165. The largest absolute Gasteiger partial charge is 0.490 e. The Morgan fingerprint density at radius 2 is 2.21 bits per heavy atom. The van der Waals surface area contributed by atoms with Crippen molar-refractivity contribution in [3.8, 4) is 5.75 Å². The van der Waals surface area contributed by atoms with Crippen molar-refractivity contribution in [2.24, 2.45) is 5.73 Å². The summed E-state index contributed by atoms with van der Waals surface area (Å²) < 4.78 is 18.6. The van der Waals surface area contributed by atoms with Crippen molar-refractivity contribution in [1.82, 2.24) is 10.2 Å². The third-order valence-corrected chi connectivity index (χ3v) is 5.04. The highest BCUT2D eigenvalue weighted by Gasteiger charge is 2.23. The molecule has 1 fully saturated rings. The highest BCUT2D eigenvalue weighted by Crippen LogP contribution is 2.25. The molecule has 1 aromatic rings. The van der Waals surface area contributed by atoms with Crippen LogP contribution in [0, 0.1) is 12.3 Å². The van der Waals surface area contributed by atoms with Crippen molar-refractivity contribution in [2.45, 2.75) is 32.0 Å². The molecule has 1 aliphatic rings. The van der Waals surface area contributed by atoms with Gasteiger partial charge in [-0.25, -0.2) is 4.39 Å². The molecule has 5 N–H and O–H groups in total. The minimum absolute atomic E-state index is 0.00383. The number of carbonyl (C=O) groups is 1. The minimum atomic E-state index is -1.08. The van der Waals surface area contributed by atoms with Crippen LogP contribution >= 0.6 is 11.6 Å². The maximum Gasteiger partial charge on any atom is 0.254 e. The van der Waals surface area contributed by atoms with Crippen LogP contribution in [0.25, 0.3) is 0 Å². The predicted octanol–water partition coefficient (Wildman–Crippen LogP) is 1.80. The van der Waals surface area contributed by atoms with Gasteiger partial charge in [-0.3, -0.25) is 4.79 Å². The number of nitrogens with two attached hydrogens (primary N) is 1. The molecule has 1 aliphatic heterocycles. The molecule has 1 saturated heterocycles. The van der Waals surface area contributed by atoms with Gasteiger partial charge in [0.15, 0.2) is 0 Å². The van der Waals surface area contributed by atoms with Gasteiger partial charge >= 0.3 is 0 Å². The Bertz CT molecular complexity index is 751. The molecule has 0 aliphatic carbocycles. The fraction of sp³-hybridized carbons (Fsp3) is 0.500. The summed E-state index contributed by atoms with van der Waals surface area (Å²) in [6, 6.07) is 5.56. The summed E-state index contributed by atoms with van der Waals surface area (Å²) in [4.78, 5) is 14.0. The van der Waals surface area contributed by atoms with Crippen molar-refractivity contribution in [2.75, 3.05) is 32.9 Å². The molecule has 0 aromatic heterocycles. The van der Waals surface area contributed by atoms with Crippen LogP contribution in [0.15, 0.2) is 30.0 Å². The minimum Gasteiger partial charge on any atom is -0.490 e. The number of aliphatic hydroxyl groups is 1. The van der Waals surface area contributed by atoms with E-state index >= 15 is 0 Å². The lowest BCUT2D eigenvalue weighted by atomic mass is 10.1. The molecule has 29 heavy (non-hydrogen) atoms. The van der Waals surface area contributed by atoms with E-state index in [9.17, 15) is 14.3 Å². The molecule has 7 nitrogen and oxygen atoms in total. The average molecular weight is 427 g/mol. The number of ether oxygens (including phenoxy) is 1. The Labute approximate surface area is 175 Å². The maximum absolute atomic E-state index is 12.5. The van der Waals surface area contributed by atoms with Crippen LogP contribution in [0.3, 0.4) is 0 Å². The van der Waals surface area contributed by atoms with E-state index in [2.05, 4.69) is 10.2 Å². The summed E-state index contributed by atoms with van der Waals surface area (Å²) in [5, 5.41) is 20.7. The SMILES string of the molecule is Cc1cc(Cl)ccc1OC1CCN(C[C@H](O)CNC(=O)/C(=C/N)C(=N)CF)CC1. The molecule has 0 radical (unpaired) electrons. The number of benzene rings is 1. The number of carbonyl (C=O) groups excluding carboxylic acids is 1. The number of amides is 1. The highest BCUT2D eigenvalue weighted by atomic mass is 35.5. The van der Waals surface area contributed by atoms with Gasteiger partial charge in [0.05, 0.1) is 17.4 Å². The van der Waals surface area contributed by atoms with E-state index < -0.39 is 24.4 Å². The Morgan fingerprint density at radius 1 is 1.52 bits per heavy atom. The van der Waals surface area contributed by atoms with Crippen molar-refractivity contribution < 1.29 is 19.0 Å². The van der Waals surface area contributed by atoms with Gasteiger partial charge in [0.2, 0.25) is 0 Å². The van der Waals surface area contributed by atoms with Crippen LogP contribution in [-0.2, 0) is 4.79 Å². The van der Waals surface area contributed by atoms with Crippen LogP contribution in [0.4, 0.5) is 4.39 Å². The van der Waals surface area contributed by atoms with E-state index in [1.807, 2.05) is 25.1 Å². The molecule has 0 bridgehead atoms. The third kappa shape index (κ3) is 6.99. The Hall–Kier alpha value is -2.16. The number of hydrogen-bond donors (Lipinski definition) is 4. The molecule has 2 rings (SSSR count). The first kappa shape index (κ1) is 23.1. The number of nitrogens with zero attached hydrogens (tertiary/aromatic N) is 1. The van der Waals surface area contributed by atoms with Gasteiger partial charge in [0.25, 0.3) is 5.91 Å². The topological polar surface area (TPSA) is 112 Å². The Balaban J connectivity index is 1.73. The number of aryl methyl sites for hydroxylation is 1. The molecule has 160 valence electrons. The van der Waals surface area contributed by atoms with E-state index in [4.69, 9.17) is 27.5 Å². The highest BCUT2D eigenvalue weighted by molar-refractivity contribution is 6.30. The standard InChI is InChI=1S/C20H28ClFN4O3/c1-13-8-14(21)2-3-19(13)29-16-4-6-26(7-5-16)12-15(27)11-25-20(28)17(10-23)18(24)9-22/h2-3,8,10,15-16,24,27H,4-7,9,11-12,23H2,1H3,(H,25,28)/b17-10+,24-18?/t15-/m1/s1. The zero-order chi connectivity index (χ0) is 21.4. The van der Waals surface area contributed by atoms with Gasteiger partial charge in [-0.05, 0) is 43.5 Å². The van der Waals surface area contributed by atoms with Crippen molar-refractivity contribution in [3.63, 3.8) is 0 Å². The van der Waals surface area contributed by atoms with Crippen LogP contribution < -0.4 is 15.8 Å². The number of β-amino-alcohol motifs (C(OH)–C–C–N with tert-alkyl or cyclic N) is 1. The van der Waals surface area contributed by atoms with Crippen molar-refractivity contribution in [3.05, 3.63) is 40.6 Å². The molecule has 0 saturated carbocycles. The second-order valence-corrected chi connectivity index (χ2v) is 7.52. The number of nitrogens with one attached hydrogen (secondary N) is 2. The van der Waals surface area contributed by atoms with Gasteiger partial charge in [-0.15, -0.1) is 0 Å². The van der Waals surface area contributed by atoms with Gasteiger partial charge in [0.1, 0.15) is 18.5 Å². The first-order chi connectivity index (χ1) is 13.8. The smallest absolute Gasteiger partial charge is 0.254 e. The molecule has 0 unspecified atom stereocenters. The zero-order valence-electron chi connectivity index (χ0n) is 16.5. The van der Waals surface area contributed by atoms with Crippen LogP contribution in [0.1, 0.15) is 18.4 Å². The number of rotatable bonds is 9. The fourth-order valence-corrected chi connectivity index (χ4v) is 3.41. The van der Waals surface area contributed by atoms with Crippen LogP contribution in [0.5, 0.6) is 5.75 Å². The maximum atomic E-state index is 12.5. The molecular formula is C20H28ClFN4O3. The Kier molecular flexibility index (Phi) is 8.88. The first-order valence-corrected chi connectivity index (χ1v) is 9.89. The lowest BCUT2D eigenvalue weighted by Gasteiger charge is -2.33. The summed E-state index contributed by atoms with van der Waals surface area (Å²) in [5.41, 5.74) is 5.55. The number of hydrogen-bond acceptors (Lipinski definition) is 6. The van der Waals surface area contributed by atoms with Crippen molar-refractivity contribution >= 4 is 23.2 Å². The quantitative estimate of drug-likeness (QED) is 0.355. The number of alkyl halides is 1.